The van der Waals surface area contributed by atoms with Gasteiger partial charge in [0, 0.05) is 39.6 Å². The molecular weight excluding hydrogens is 508 g/mol. The van der Waals surface area contributed by atoms with Gasteiger partial charge in [-0.25, -0.2) is 0 Å². The quantitative estimate of drug-likeness (QED) is 0.190. The molecule has 0 aromatic heterocycles. The summed E-state index contributed by atoms with van der Waals surface area (Å²) >= 11 is 4.38. The lowest BCUT2D eigenvalue weighted by atomic mass is 10.1. The zero-order chi connectivity index (χ0) is 24.0. The predicted octanol–water partition coefficient (Wildman–Crippen LogP) is 5.70. The summed E-state index contributed by atoms with van der Waals surface area (Å²) in [6.07, 6.45) is 0. The lowest BCUT2D eigenvalue weighted by molar-refractivity contribution is -0.389. The molecule has 0 aliphatic heterocycles. The number of carbonyl (C=O) groups excluding carboxylic acids is 1. The van der Waals surface area contributed by atoms with E-state index < -0.39 is 9.85 Å². The predicted molar refractivity (Wildman–Crippen MR) is 129 cm³/mol. The van der Waals surface area contributed by atoms with Crippen LogP contribution < -0.4 is 0 Å². The van der Waals surface area contributed by atoms with Crippen LogP contribution in [0.2, 0.25) is 0 Å². The summed E-state index contributed by atoms with van der Waals surface area (Å²) in [5, 5.41) is 23.1. The number of benzene rings is 3. The number of nitro groups is 2. The number of halogens is 1. The zero-order valence-electron chi connectivity index (χ0n) is 17.0. The lowest BCUT2D eigenvalue weighted by Crippen LogP contribution is -1.99. The van der Waals surface area contributed by atoms with Gasteiger partial charge in [-0.2, -0.15) is 0 Å². The smallest absolute Gasteiger partial charge is 0.286 e. The fourth-order valence-electron chi connectivity index (χ4n) is 2.66. The van der Waals surface area contributed by atoms with Crippen molar-refractivity contribution in [2.24, 2.45) is 0 Å². The monoisotopic (exact) mass is 520 g/mol. The van der Waals surface area contributed by atoms with Crippen molar-refractivity contribution in [2.75, 3.05) is 0 Å². The maximum absolute atomic E-state index is 11.6. The first kappa shape index (κ1) is 23.7. The van der Waals surface area contributed by atoms with Crippen LogP contribution in [0.15, 0.2) is 70.0 Å². The minimum Gasteiger partial charge on any atom is -0.287 e. The van der Waals surface area contributed by atoms with Gasteiger partial charge in [0.05, 0.1) is 9.85 Å². The Morgan fingerprint density at radius 2 is 1.21 bits per heavy atom. The Kier molecular flexibility index (Phi) is 7.62. The van der Waals surface area contributed by atoms with Crippen LogP contribution in [0.1, 0.15) is 29.2 Å². The van der Waals surface area contributed by atoms with Gasteiger partial charge in [-0.3, -0.25) is 25.0 Å². The molecule has 0 saturated heterocycles. The van der Waals surface area contributed by atoms with Crippen molar-refractivity contribution >= 4 is 44.2 Å². The number of carbonyl (C=O) groups is 1. The number of nitrogens with zero attached hydrogens (tertiary/aromatic N) is 2. The van der Waals surface area contributed by atoms with Gasteiger partial charge in [0.2, 0.25) is 0 Å². The van der Waals surface area contributed by atoms with E-state index in [4.69, 9.17) is 0 Å². The number of hydrogen-bond donors (Lipinski definition) is 0. The van der Waals surface area contributed by atoms with Gasteiger partial charge in [0.15, 0.2) is 5.12 Å². The van der Waals surface area contributed by atoms with Crippen molar-refractivity contribution < 1.29 is 14.6 Å². The van der Waals surface area contributed by atoms with Gasteiger partial charge in [-0.1, -0.05) is 51.4 Å². The van der Waals surface area contributed by atoms with Crippen LogP contribution in [-0.4, -0.2) is 15.0 Å². The van der Waals surface area contributed by atoms with E-state index in [2.05, 4.69) is 39.6 Å². The summed E-state index contributed by atoms with van der Waals surface area (Å²) in [7, 11) is 0. The van der Waals surface area contributed by atoms with E-state index in [9.17, 15) is 25.0 Å². The highest BCUT2D eigenvalue weighted by Crippen LogP contribution is 2.28. The summed E-state index contributed by atoms with van der Waals surface area (Å²) < 4.78 is 0.852. The van der Waals surface area contributed by atoms with E-state index in [1.54, 1.807) is 48.5 Å². The molecule has 3 aromatic carbocycles. The fraction of sp³-hybridized carbons (Fsp3) is 0.0417. The molecule has 9 heteroatoms. The van der Waals surface area contributed by atoms with Gasteiger partial charge in [0.25, 0.3) is 11.4 Å². The molecule has 0 aliphatic carbocycles. The minimum absolute atomic E-state index is 0.0555. The van der Waals surface area contributed by atoms with Crippen molar-refractivity contribution in [3.8, 4) is 23.7 Å². The average molecular weight is 521 g/mol. The highest BCUT2D eigenvalue weighted by molar-refractivity contribution is 9.10. The molecule has 33 heavy (non-hydrogen) atoms. The highest BCUT2D eigenvalue weighted by atomic mass is 79.9. The zero-order valence-corrected chi connectivity index (χ0v) is 19.4. The normalized spacial score (nSPS) is 9.76. The molecule has 0 N–H and O–H groups in total. The summed E-state index contributed by atoms with van der Waals surface area (Å²) in [6, 6.07) is 15.8. The van der Waals surface area contributed by atoms with E-state index in [1.807, 2.05) is 0 Å². The molecule has 7 nitrogen and oxygen atoms in total. The molecule has 0 amide bonds. The standard InChI is InChI=1S/C24H13BrN2O5S/c1-16(28)33-22-12-6-18(7-13-22)3-9-20-15-23(26(29)30)19(14-24(20)27(31)32)8-2-17-4-10-21(25)11-5-17/h4-7,10-15H,1H3. The Labute approximate surface area is 201 Å². The van der Waals surface area contributed by atoms with Crippen molar-refractivity contribution in [1.82, 2.24) is 0 Å². The minimum atomic E-state index is -0.648. The van der Waals surface area contributed by atoms with Crippen LogP contribution >= 0.6 is 27.7 Å². The van der Waals surface area contributed by atoms with E-state index >= 15 is 0 Å². The van der Waals surface area contributed by atoms with Crippen LogP contribution in [0.4, 0.5) is 11.4 Å². The molecule has 3 aromatic rings. The van der Waals surface area contributed by atoms with E-state index in [1.165, 1.54) is 6.92 Å². The van der Waals surface area contributed by atoms with Gasteiger partial charge < -0.3 is 0 Å². The summed E-state index contributed by atoms with van der Waals surface area (Å²) in [4.78, 5) is 33.8. The largest absolute Gasteiger partial charge is 0.287 e. The van der Waals surface area contributed by atoms with Gasteiger partial charge in [-0.05, 0) is 48.5 Å². The molecule has 3 rings (SSSR count). The third-order valence-electron chi connectivity index (χ3n) is 4.15. The molecule has 0 saturated carbocycles. The summed E-state index contributed by atoms with van der Waals surface area (Å²) in [6.45, 7) is 1.46. The Balaban J connectivity index is 2.02. The molecule has 0 heterocycles. The number of nitro benzene ring substituents is 2. The molecular formula is C24H13BrN2O5S. The molecule has 0 unspecified atom stereocenters. The molecule has 162 valence electrons. The topological polar surface area (TPSA) is 103 Å². The van der Waals surface area contributed by atoms with Crippen molar-refractivity contribution in [3.05, 3.63) is 108 Å². The first-order valence-corrected chi connectivity index (χ1v) is 10.9. The van der Waals surface area contributed by atoms with Crippen LogP contribution in [0.3, 0.4) is 0 Å². The van der Waals surface area contributed by atoms with E-state index in [0.29, 0.717) is 11.1 Å². The summed E-state index contributed by atoms with van der Waals surface area (Å²) in [5.41, 5.74) is 0.220. The molecule has 0 spiro atoms. The molecule has 0 bridgehead atoms. The number of hydrogen-bond acceptors (Lipinski definition) is 6. The van der Waals surface area contributed by atoms with Gasteiger partial charge in [-0.15, -0.1) is 0 Å². The summed E-state index contributed by atoms with van der Waals surface area (Å²) in [5.74, 6) is 10.9. The maximum atomic E-state index is 11.6. The van der Waals surface area contributed by atoms with Crippen LogP contribution in [-0.2, 0) is 4.79 Å². The lowest BCUT2D eigenvalue weighted by Gasteiger charge is -2.00. The first-order chi connectivity index (χ1) is 15.7. The average Bonchev–Trinajstić information content (AvgIpc) is 2.77. The second-order valence-electron chi connectivity index (χ2n) is 6.53. The van der Waals surface area contributed by atoms with Crippen molar-refractivity contribution in [2.45, 2.75) is 11.8 Å². The van der Waals surface area contributed by atoms with Crippen LogP contribution in [0.25, 0.3) is 0 Å². The molecule has 0 fully saturated rings. The van der Waals surface area contributed by atoms with Gasteiger partial charge in [0.1, 0.15) is 11.1 Å². The SMILES string of the molecule is CC(=O)Sc1ccc(C#Cc2cc([N+](=O)[O-])c(C#Cc3ccc(Br)cc3)cc2[N+](=O)[O-])cc1. The van der Waals surface area contributed by atoms with E-state index in [-0.39, 0.29) is 27.6 Å². The first-order valence-electron chi connectivity index (χ1n) is 9.28. The van der Waals surface area contributed by atoms with E-state index in [0.717, 1.165) is 33.3 Å². The Morgan fingerprint density at radius 3 is 1.61 bits per heavy atom. The molecule has 0 atom stereocenters. The third kappa shape index (κ3) is 6.53. The fourth-order valence-corrected chi connectivity index (χ4v) is 3.53. The molecule has 0 radical (unpaired) electrons. The maximum Gasteiger partial charge on any atom is 0.286 e. The van der Waals surface area contributed by atoms with Crippen molar-refractivity contribution in [1.29, 1.82) is 0 Å². The Morgan fingerprint density at radius 1 is 0.788 bits per heavy atom. The highest BCUT2D eigenvalue weighted by Gasteiger charge is 2.22. The van der Waals surface area contributed by atoms with Gasteiger partial charge >= 0.3 is 0 Å². The number of rotatable bonds is 3. The number of thioether (sulfide) groups is 1. The third-order valence-corrected chi connectivity index (χ3v) is 5.47. The Bertz CT molecular complexity index is 1380. The second-order valence-corrected chi connectivity index (χ2v) is 8.69. The second kappa shape index (κ2) is 10.6. The van der Waals surface area contributed by atoms with Crippen LogP contribution in [0, 0.1) is 43.9 Å². The molecule has 0 aliphatic rings. The Hall–Kier alpha value is -3.92. The van der Waals surface area contributed by atoms with Crippen molar-refractivity contribution in [3.63, 3.8) is 0 Å². The van der Waals surface area contributed by atoms with Crippen LogP contribution in [0.5, 0.6) is 0 Å².